The van der Waals surface area contributed by atoms with Gasteiger partial charge in [-0.15, -0.1) is 0 Å². The molecular formula is C28H30ClN7O3. The number of carbonyl (C=O) groups excluding carboxylic acids is 1. The van der Waals surface area contributed by atoms with Crippen molar-refractivity contribution in [3.63, 3.8) is 0 Å². The normalized spacial score (nSPS) is 16.2. The molecule has 3 aromatic rings. The highest BCUT2D eigenvalue weighted by molar-refractivity contribution is 6.30. The first-order valence-electron chi connectivity index (χ1n) is 13.0. The molecule has 2 fully saturated rings. The standard InChI is InChI=1S/C28H30ClN7O3/c29-22-5-7-24(8-6-22)39-20-27(38)35-13-15-36(16-14-35)28-31-23(17-26(37)32-28)19-33-9-11-34(12-10-33)25-4-2-1-3-21(25)18-30/h1-8,17H,9-16,19-20H2,(H,31,32,37). The average Bonchev–Trinajstić information content (AvgIpc) is 2.97. The minimum Gasteiger partial charge on any atom is -0.484 e. The van der Waals surface area contributed by atoms with E-state index in [1.165, 1.54) is 0 Å². The number of H-pyrrole nitrogens is 1. The molecule has 3 heterocycles. The van der Waals surface area contributed by atoms with E-state index in [9.17, 15) is 14.9 Å². The van der Waals surface area contributed by atoms with Crippen LogP contribution in [0.25, 0.3) is 0 Å². The summed E-state index contributed by atoms with van der Waals surface area (Å²) >= 11 is 5.89. The van der Waals surface area contributed by atoms with E-state index in [2.05, 4.69) is 20.9 Å². The summed E-state index contributed by atoms with van der Waals surface area (Å²) in [4.78, 5) is 40.9. The van der Waals surface area contributed by atoms with Gasteiger partial charge in [-0.05, 0) is 36.4 Å². The highest BCUT2D eigenvalue weighted by Gasteiger charge is 2.24. The first-order chi connectivity index (χ1) is 19.0. The van der Waals surface area contributed by atoms with Crippen LogP contribution in [0.3, 0.4) is 0 Å². The number of aromatic amines is 1. The molecule has 0 saturated carbocycles. The third kappa shape index (κ3) is 6.69. The van der Waals surface area contributed by atoms with E-state index in [1.54, 1.807) is 35.2 Å². The number of amides is 1. The quantitative estimate of drug-likeness (QED) is 0.480. The van der Waals surface area contributed by atoms with E-state index in [-0.39, 0.29) is 18.1 Å². The number of ether oxygens (including phenoxy) is 1. The van der Waals surface area contributed by atoms with Crippen molar-refractivity contribution in [3.8, 4) is 11.8 Å². The smallest absolute Gasteiger partial charge is 0.260 e. The molecule has 2 aromatic carbocycles. The second-order valence-electron chi connectivity index (χ2n) is 9.56. The molecule has 0 radical (unpaired) electrons. The molecule has 202 valence electrons. The maximum absolute atomic E-state index is 12.6. The lowest BCUT2D eigenvalue weighted by molar-refractivity contribution is -0.133. The van der Waals surface area contributed by atoms with Gasteiger partial charge >= 0.3 is 0 Å². The number of rotatable bonds is 7. The maximum Gasteiger partial charge on any atom is 0.260 e. The second-order valence-corrected chi connectivity index (χ2v) is 10.00. The van der Waals surface area contributed by atoms with Crippen molar-refractivity contribution >= 4 is 29.1 Å². The summed E-state index contributed by atoms with van der Waals surface area (Å²) in [5.41, 5.74) is 2.18. The summed E-state index contributed by atoms with van der Waals surface area (Å²) < 4.78 is 5.59. The lowest BCUT2D eigenvalue weighted by atomic mass is 10.1. The van der Waals surface area contributed by atoms with E-state index in [4.69, 9.17) is 21.3 Å². The minimum atomic E-state index is -0.188. The zero-order valence-electron chi connectivity index (χ0n) is 21.6. The topological polar surface area (TPSA) is 109 Å². The number of nitrogens with zero attached hydrogens (tertiary/aromatic N) is 6. The van der Waals surface area contributed by atoms with Gasteiger partial charge in [0.15, 0.2) is 6.61 Å². The van der Waals surface area contributed by atoms with Crippen molar-refractivity contribution < 1.29 is 9.53 Å². The molecule has 2 aliphatic heterocycles. The lowest BCUT2D eigenvalue weighted by Crippen LogP contribution is -2.50. The molecular weight excluding hydrogens is 518 g/mol. The predicted molar refractivity (Wildman–Crippen MR) is 149 cm³/mol. The summed E-state index contributed by atoms with van der Waals surface area (Å²) in [6, 6.07) is 18.4. The predicted octanol–water partition coefficient (Wildman–Crippen LogP) is 2.34. The number of para-hydroxylation sites is 1. The molecule has 0 aliphatic carbocycles. The summed E-state index contributed by atoms with van der Waals surface area (Å²) in [5, 5.41) is 10.0. The van der Waals surface area contributed by atoms with Gasteiger partial charge in [-0.1, -0.05) is 23.7 Å². The molecule has 1 N–H and O–H groups in total. The van der Waals surface area contributed by atoms with Crippen LogP contribution in [-0.2, 0) is 11.3 Å². The summed E-state index contributed by atoms with van der Waals surface area (Å²) in [5.74, 6) is 1.04. The molecule has 0 unspecified atom stereocenters. The molecule has 2 aliphatic rings. The van der Waals surface area contributed by atoms with Gasteiger partial charge in [-0.3, -0.25) is 19.5 Å². The number of nitriles is 1. The molecule has 39 heavy (non-hydrogen) atoms. The van der Waals surface area contributed by atoms with Crippen molar-refractivity contribution in [2.24, 2.45) is 0 Å². The Morgan fingerprint density at radius 2 is 1.67 bits per heavy atom. The Hall–Kier alpha value is -4.07. The van der Waals surface area contributed by atoms with Crippen molar-refractivity contribution in [2.45, 2.75) is 6.54 Å². The van der Waals surface area contributed by atoms with Crippen molar-refractivity contribution in [1.82, 2.24) is 19.8 Å². The van der Waals surface area contributed by atoms with Gasteiger partial charge in [0.1, 0.15) is 11.8 Å². The fraction of sp³-hybridized carbons (Fsp3) is 0.357. The fourth-order valence-corrected chi connectivity index (χ4v) is 5.01. The number of piperazine rings is 2. The van der Waals surface area contributed by atoms with Gasteiger partial charge in [0.2, 0.25) is 5.95 Å². The summed E-state index contributed by atoms with van der Waals surface area (Å²) in [6.07, 6.45) is 0. The molecule has 0 spiro atoms. The van der Waals surface area contributed by atoms with Crippen LogP contribution in [0.15, 0.2) is 59.4 Å². The Morgan fingerprint density at radius 3 is 2.38 bits per heavy atom. The van der Waals surface area contributed by atoms with Gasteiger partial charge in [0.05, 0.1) is 16.9 Å². The van der Waals surface area contributed by atoms with Gasteiger partial charge in [-0.25, -0.2) is 4.98 Å². The molecule has 1 aromatic heterocycles. The number of aromatic nitrogens is 2. The van der Waals surface area contributed by atoms with E-state index in [0.29, 0.717) is 55.0 Å². The largest absolute Gasteiger partial charge is 0.484 e. The number of hydrogen-bond acceptors (Lipinski definition) is 8. The number of halogens is 1. The molecule has 0 bridgehead atoms. The SMILES string of the molecule is N#Cc1ccccc1N1CCN(Cc2cc(=O)[nH]c(N3CCN(C(=O)COc4ccc(Cl)cc4)CC3)n2)CC1. The highest BCUT2D eigenvalue weighted by Crippen LogP contribution is 2.22. The van der Waals surface area contributed by atoms with E-state index in [0.717, 1.165) is 37.6 Å². The van der Waals surface area contributed by atoms with Crippen LogP contribution in [0.2, 0.25) is 5.02 Å². The average molecular weight is 548 g/mol. The van der Waals surface area contributed by atoms with Gasteiger partial charge in [0, 0.05) is 70.0 Å². The van der Waals surface area contributed by atoms with Gasteiger partial charge in [-0.2, -0.15) is 5.26 Å². The van der Waals surface area contributed by atoms with Crippen molar-refractivity contribution in [3.05, 3.63) is 81.2 Å². The summed E-state index contributed by atoms with van der Waals surface area (Å²) in [7, 11) is 0. The van der Waals surface area contributed by atoms with Crippen LogP contribution < -0.4 is 20.1 Å². The number of carbonyl (C=O) groups is 1. The minimum absolute atomic E-state index is 0.0401. The third-order valence-corrected chi connectivity index (χ3v) is 7.27. The zero-order valence-corrected chi connectivity index (χ0v) is 22.3. The Morgan fingerprint density at radius 1 is 0.974 bits per heavy atom. The lowest BCUT2D eigenvalue weighted by Gasteiger charge is -2.36. The van der Waals surface area contributed by atoms with Crippen LogP contribution in [0.1, 0.15) is 11.3 Å². The van der Waals surface area contributed by atoms with Crippen LogP contribution in [0.5, 0.6) is 5.75 Å². The maximum atomic E-state index is 12.6. The molecule has 10 nitrogen and oxygen atoms in total. The molecule has 1 amide bonds. The van der Waals surface area contributed by atoms with Crippen LogP contribution >= 0.6 is 11.6 Å². The van der Waals surface area contributed by atoms with Crippen LogP contribution in [0.4, 0.5) is 11.6 Å². The first-order valence-corrected chi connectivity index (χ1v) is 13.3. The Labute approximate surface area is 232 Å². The first kappa shape index (κ1) is 26.5. The number of nitrogens with one attached hydrogen (secondary N) is 1. The second kappa shape index (κ2) is 12.2. The van der Waals surface area contributed by atoms with E-state index in [1.807, 2.05) is 29.2 Å². The zero-order chi connectivity index (χ0) is 27.2. The van der Waals surface area contributed by atoms with Gasteiger partial charge in [0.25, 0.3) is 11.5 Å². The third-order valence-electron chi connectivity index (χ3n) is 7.01. The van der Waals surface area contributed by atoms with Gasteiger partial charge < -0.3 is 19.4 Å². The number of anilines is 2. The number of benzene rings is 2. The molecule has 0 atom stereocenters. The van der Waals surface area contributed by atoms with Crippen molar-refractivity contribution in [2.75, 3.05) is 68.8 Å². The monoisotopic (exact) mass is 547 g/mol. The van der Waals surface area contributed by atoms with Crippen LogP contribution in [0, 0.1) is 11.3 Å². The van der Waals surface area contributed by atoms with Crippen LogP contribution in [-0.4, -0.2) is 84.6 Å². The fourth-order valence-electron chi connectivity index (χ4n) is 4.88. The van der Waals surface area contributed by atoms with E-state index < -0.39 is 0 Å². The molecule has 5 rings (SSSR count). The molecule has 2 saturated heterocycles. The number of hydrogen-bond donors (Lipinski definition) is 1. The molecule has 11 heteroatoms. The Bertz CT molecular complexity index is 1390. The Balaban J connectivity index is 1.13. The van der Waals surface area contributed by atoms with E-state index >= 15 is 0 Å². The highest BCUT2D eigenvalue weighted by atomic mass is 35.5. The van der Waals surface area contributed by atoms with Crippen molar-refractivity contribution in [1.29, 1.82) is 5.26 Å². The Kier molecular flexibility index (Phi) is 8.30. The summed E-state index contributed by atoms with van der Waals surface area (Å²) in [6.45, 7) is 5.91.